The Labute approximate surface area is 176 Å². The standard InChI is InChI=1S/C19H26N4OS.HI/c1-20-19(23(2)10-11-24-13-15-8-9-15)21-12-18-22-17(14-25-18)16-6-4-3-5-7-16;/h3-7,14-15H,8-13H2,1-2H3,(H,20,21);1H. The molecule has 3 rings (SSSR count). The van der Waals surface area contributed by atoms with Crippen molar-refractivity contribution >= 4 is 41.3 Å². The van der Waals surface area contributed by atoms with Crippen molar-refractivity contribution in [3.63, 3.8) is 0 Å². The van der Waals surface area contributed by atoms with E-state index in [1.165, 1.54) is 12.8 Å². The van der Waals surface area contributed by atoms with Crippen LogP contribution >= 0.6 is 35.3 Å². The molecule has 0 saturated heterocycles. The first kappa shape index (κ1) is 21.1. The van der Waals surface area contributed by atoms with Crippen LogP contribution in [0.4, 0.5) is 0 Å². The summed E-state index contributed by atoms with van der Waals surface area (Å²) >= 11 is 1.67. The van der Waals surface area contributed by atoms with Gasteiger partial charge in [-0.05, 0) is 18.8 Å². The van der Waals surface area contributed by atoms with Crippen molar-refractivity contribution in [2.45, 2.75) is 19.4 Å². The predicted molar refractivity (Wildman–Crippen MR) is 119 cm³/mol. The van der Waals surface area contributed by atoms with E-state index in [4.69, 9.17) is 9.72 Å². The molecule has 1 N–H and O–H groups in total. The molecule has 1 fully saturated rings. The molecule has 1 aliphatic rings. The number of benzene rings is 1. The highest BCUT2D eigenvalue weighted by Crippen LogP contribution is 2.28. The largest absolute Gasteiger partial charge is 0.379 e. The van der Waals surface area contributed by atoms with Crippen molar-refractivity contribution in [3.8, 4) is 11.3 Å². The maximum absolute atomic E-state index is 5.70. The van der Waals surface area contributed by atoms with Gasteiger partial charge in [-0.25, -0.2) is 4.98 Å². The Morgan fingerprint density at radius 2 is 2.12 bits per heavy atom. The van der Waals surface area contributed by atoms with Crippen LogP contribution in [0.2, 0.25) is 0 Å². The molecule has 1 aromatic carbocycles. The summed E-state index contributed by atoms with van der Waals surface area (Å²) in [7, 11) is 3.84. The molecule has 1 heterocycles. The summed E-state index contributed by atoms with van der Waals surface area (Å²) in [6, 6.07) is 10.3. The molecule has 0 unspecified atom stereocenters. The molecular formula is C19H27IN4OS. The monoisotopic (exact) mass is 486 g/mol. The Morgan fingerprint density at radius 3 is 2.81 bits per heavy atom. The first-order valence-electron chi connectivity index (χ1n) is 8.75. The van der Waals surface area contributed by atoms with Gasteiger partial charge in [0, 0.05) is 38.2 Å². The molecule has 7 heteroatoms. The molecule has 1 aromatic heterocycles. The fourth-order valence-corrected chi connectivity index (χ4v) is 3.26. The summed E-state index contributed by atoms with van der Waals surface area (Å²) < 4.78 is 5.70. The van der Waals surface area contributed by atoms with Crippen molar-refractivity contribution in [3.05, 3.63) is 40.7 Å². The highest BCUT2D eigenvalue weighted by Gasteiger charge is 2.21. The van der Waals surface area contributed by atoms with Gasteiger partial charge in [0.15, 0.2) is 5.96 Å². The molecule has 0 bridgehead atoms. The quantitative estimate of drug-likeness (QED) is 0.267. The number of likely N-dealkylation sites (N-methyl/N-ethyl adjacent to an activating group) is 1. The van der Waals surface area contributed by atoms with Crippen molar-refractivity contribution in [1.29, 1.82) is 0 Å². The van der Waals surface area contributed by atoms with E-state index in [0.29, 0.717) is 6.54 Å². The van der Waals surface area contributed by atoms with E-state index >= 15 is 0 Å². The van der Waals surface area contributed by atoms with Crippen molar-refractivity contribution < 1.29 is 4.74 Å². The molecule has 0 atom stereocenters. The number of halogens is 1. The Hall–Kier alpha value is -1.19. The van der Waals surface area contributed by atoms with Gasteiger partial charge in [-0.15, -0.1) is 35.3 Å². The molecule has 142 valence electrons. The number of ether oxygens (including phenoxy) is 1. The maximum Gasteiger partial charge on any atom is 0.193 e. The van der Waals surface area contributed by atoms with Crippen LogP contribution in [0.3, 0.4) is 0 Å². The van der Waals surface area contributed by atoms with Crippen molar-refractivity contribution in [1.82, 2.24) is 15.2 Å². The highest BCUT2D eigenvalue weighted by molar-refractivity contribution is 14.0. The highest BCUT2D eigenvalue weighted by atomic mass is 127. The van der Waals surface area contributed by atoms with Crippen LogP contribution in [-0.4, -0.2) is 49.7 Å². The summed E-state index contributed by atoms with van der Waals surface area (Å²) in [6.45, 7) is 3.15. The molecule has 5 nitrogen and oxygen atoms in total. The Balaban J connectivity index is 0.00000243. The smallest absolute Gasteiger partial charge is 0.193 e. The van der Waals surface area contributed by atoms with E-state index in [2.05, 4.69) is 32.7 Å². The van der Waals surface area contributed by atoms with Gasteiger partial charge in [-0.2, -0.15) is 0 Å². The fraction of sp³-hybridized carbons (Fsp3) is 0.474. The zero-order valence-electron chi connectivity index (χ0n) is 15.4. The van der Waals surface area contributed by atoms with Crippen LogP contribution in [0.15, 0.2) is 40.7 Å². The Kier molecular flexibility index (Phi) is 8.80. The lowest BCUT2D eigenvalue weighted by Crippen LogP contribution is -2.40. The summed E-state index contributed by atoms with van der Waals surface area (Å²) in [5.41, 5.74) is 2.18. The van der Waals surface area contributed by atoms with Gasteiger partial charge in [-0.3, -0.25) is 4.99 Å². The van der Waals surface area contributed by atoms with Crippen LogP contribution in [0.1, 0.15) is 17.8 Å². The summed E-state index contributed by atoms with van der Waals surface area (Å²) in [5.74, 6) is 1.68. The van der Waals surface area contributed by atoms with E-state index < -0.39 is 0 Å². The van der Waals surface area contributed by atoms with Gasteiger partial charge in [0.25, 0.3) is 0 Å². The first-order chi connectivity index (χ1) is 12.3. The second-order valence-electron chi connectivity index (χ2n) is 6.33. The first-order valence-corrected chi connectivity index (χ1v) is 9.63. The summed E-state index contributed by atoms with van der Waals surface area (Å²) in [6.07, 6.45) is 2.66. The van der Waals surface area contributed by atoms with E-state index in [1.807, 2.05) is 25.2 Å². The third kappa shape index (κ3) is 6.51. The van der Waals surface area contributed by atoms with Gasteiger partial charge in [0.2, 0.25) is 0 Å². The Bertz CT molecular complexity index is 688. The van der Waals surface area contributed by atoms with Gasteiger partial charge >= 0.3 is 0 Å². The topological polar surface area (TPSA) is 49.8 Å². The fourth-order valence-electron chi connectivity index (χ4n) is 2.51. The van der Waals surface area contributed by atoms with Gasteiger partial charge in [0.05, 0.1) is 18.8 Å². The zero-order chi connectivity index (χ0) is 17.5. The molecule has 0 radical (unpaired) electrons. The molecule has 1 saturated carbocycles. The summed E-state index contributed by atoms with van der Waals surface area (Å²) in [5, 5.41) is 6.54. The zero-order valence-corrected chi connectivity index (χ0v) is 18.5. The normalized spacial score (nSPS) is 14.0. The second kappa shape index (κ2) is 10.8. The van der Waals surface area contributed by atoms with Crippen LogP contribution in [0.25, 0.3) is 11.3 Å². The third-order valence-electron chi connectivity index (χ3n) is 4.21. The van der Waals surface area contributed by atoms with Crippen LogP contribution in [-0.2, 0) is 11.3 Å². The number of nitrogens with zero attached hydrogens (tertiary/aromatic N) is 3. The van der Waals surface area contributed by atoms with E-state index in [9.17, 15) is 0 Å². The number of aromatic nitrogens is 1. The SMILES string of the molecule is CN=C(NCc1nc(-c2ccccc2)cs1)N(C)CCOCC1CC1.I. The number of hydrogen-bond donors (Lipinski definition) is 1. The summed E-state index contributed by atoms with van der Waals surface area (Å²) in [4.78, 5) is 11.1. The minimum atomic E-state index is 0. The predicted octanol–water partition coefficient (Wildman–Crippen LogP) is 3.86. The Morgan fingerprint density at radius 1 is 1.35 bits per heavy atom. The maximum atomic E-state index is 5.70. The average molecular weight is 486 g/mol. The van der Waals surface area contributed by atoms with Gasteiger partial charge in [0.1, 0.15) is 5.01 Å². The molecule has 1 aliphatic carbocycles. The molecule has 0 spiro atoms. The van der Waals surface area contributed by atoms with Crippen molar-refractivity contribution in [2.24, 2.45) is 10.9 Å². The van der Waals surface area contributed by atoms with Gasteiger partial charge in [-0.1, -0.05) is 30.3 Å². The average Bonchev–Trinajstić information content (AvgIpc) is 3.35. The molecule has 0 aliphatic heterocycles. The number of nitrogens with one attached hydrogen (secondary N) is 1. The van der Waals surface area contributed by atoms with Crippen LogP contribution in [0.5, 0.6) is 0 Å². The van der Waals surface area contributed by atoms with Gasteiger partial charge < -0.3 is 15.0 Å². The second-order valence-corrected chi connectivity index (χ2v) is 7.28. The molecule has 26 heavy (non-hydrogen) atoms. The minimum Gasteiger partial charge on any atom is -0.379 e. The van der Waals surface area contributed by atoms with E-state index in [-0.39, 0.29) is 24.0 Å². The molecular weight excluding hydrogens is 459 g/mol. The van der Waals surface area contributed by atoms with Crippen LogP contribution < -0.4 is 5.32 Å². The number of guanidine groups is 1. The van der Waals surface area contributed by atoms with Crippen LogP contribution in [0, 0.1) is 5.92 Å². The lowest BCUT2D eigenvalue weighted by atomic mass is 10.2. The lowest BCUT2D eigenvalue weighted by molar-refractivity contribution is 0.115. The number of aliphatic imine (C=N–C) groups is 1. The number of rotatable bonds is 8. The third-order valence-corrected chi connectivity index (χ3v) is 5.06. The number of hydrogen-bond acceptors (Lipinski definition) is 4. The minimum absolute atomic E-state index is 0. The van der Waals surface area contributed by atoms with E-state index in [1.54, 1.807) is 18.4 Å². The number of thiazole rings is 1. The van der Waals surface area contributed by atoms with Crippen molar-refractivity contribution in [2.75, 3.05) is 33.9 Å². The molecule has 2 aromatic rings. The lowest BCUT2D eigenvalue weighted by Gasteiger charge is -2.21. The molecule has 0 amide bonds. The van der Waals surface area contributed by atoms with E-state index in [0.717, 1.165) is 47.9 Å².